The van der Waals surface area contributed by atoms with Crippen LogP contribution in [-0.4, -0.2) is 45.4 Å². The Morgan fingerprint density at radius 3 is 1.11 bits per heavy atom. The minimum Gasteiger partial charge on any atom is -0.459 e. The standard InChI is InChI=1S/C30H56O7/c1-13-21(7)27(10,16-4)35-24(31)19-30(34,26(33)37-29(12,18-6)23(9)15-3)20-25(32)36-28(11,17-5)22(8)14-2/h21-23,34H,13-20H2,1-12H3. The van der Waals surface area contributed by atoms with E-state index in [1.54, 1.807) is 0 Å². The summed E-state index contributed by atoms with van der Waals surface area (Å²) in [6.07, 6.45) is 2.63. The van der Waals surface area contributed by atoms with Gasteiger partial charge < -0.3 is 19.3 Å². The quantitative estimate of drug-likeness (QED) is 0.164. The Morgan fingerprint density at radius 2 is 0.865 bits per heavy atom. The highest BCUT2D eigenvalue weighted by Crippen LogP contribution is 2.35. The van der Waals surface area contributed by atoms with Crippen molar-refractivity contribution in [1.29, 1.82) is 0 Å². The van der Waals surface area contributed by atoms with Crippen LogP contribution in [0.4, 0.5) is 0 Å². The maximum absolute atomic E-state index is 13.5. The van der Waals surface area contributed by atoms with Crippen LogP contribution in [0.2, 0.25) is 0 Å². The van der Waals surface area contributed by atoms with E-state index >= 15 is 0 Å². The molecule has 0 radical (unpaired) electrons. The number of carbonyl (C=O) groups is 3. The molecule has 0 amide bonds. The minimum absolute atomic E-state index is 0.00664. The molecule has 0 heterocycles. The molecule has 0 fully saturated rings. The number of hydrogen-bond donors (Lipinski definition) is 1. The van der Waals surface area contributed by atoms with Crippen molar-refractivity contribution in [3.05, 3.63) is 0 Å². The smallest absolute Gasteiger partial charge is 0.339 e. The normalized spacial score (nSPS) is 20.7. The maximum atomic E-state index is 13.5. The lowest BCUT2D eigenvalue weighted by Gasteiger charge is -2.39. The van der Waals surface area contributed by atoms with Gasteiger partial charge in [0.05, 0.1) is 12.8 Å². The summed E-state index contributed by atoms with van der Waals surface area (Å²) in [5.41, 5.74) is -4.80. The fraction of sp³-hybridized carbons (Fsp3) is 0.900. The topological polar surface area (TPSA) is 99.1 Å². The lowest BCUT2D eigenvalue weighted by Crippen LogP contribution is -2.51. The van der Waals surface area contributed by atoms with Gasteiger partial charge in [-0.1, -0.05) is 62.3 Å². The van der Waals surface area contributed by atoms with Gasteiger partial charge in [-0.25, -0.2) is 4.79 Å². The second-order valence-electron chi connectivity index (χ2n) is 11.6. The molecule has 0 aliphatic heterocycles. The molecule has 6 unspecified atom stereocenters. The van der Waals surface area contributed by atoms with E-state index < -0.39 is 53.2 Å². The minimum atomic E-state index is -2.41. The van der Waals surface area contributed by atoms with Crippen LogP contribution in [0.3, 0.4) is 0 Å². The van der Waals surface area contributed by atoms with Crippen molar-refractivity contribution in [1.82, 2.24) is 0 Å². The molecule has 1 N–H and O–H groups in total. The Kier molecular flexibility index (Phi) is 13.9. The molecule has 0 rings (SSSR count). The van der Waals surface area contributed by atoms with Gasteiger partial charge in [0.25, 0.3) is 0 Å². The lowest BCUT2D eigenvalue weighted by molar-refractivity contribution is -0.199. The third kappa shape index (κ3) is 9.26. The third-order valence-corrected chi connectivity index (χ3v) is 9.34. The second-order valence-corrected chi connectivity index (χ2v) is 11.6. The molecule has 0 aliphatic carbocycles. The monoisotopic (exact) mass is 528 g/mol. The first kappa shape index (κ1) is 35.4. The fourth-order valence-electron chi connectivity index (χ4n) is 4.44. The molecule has 0 aromatic carbocycles. The maximum Gasteiger partial charge on any atom is 0.339 e. The van der Waals surface area contributed by atoms with Crippen molar-refractivity contribution in [2.75, 3.05) is 0 Å². The average Bonchev–Trinajstić information content (AvgIpc) is 2.85. The van der Waals surface area contributed by atoms with Crippen LogP contribution < -0.4 is 0 Å². The summed E-state index contributed by atoms with van der Waals surface area (Å²) < 4.78 is 17.5. The first-order valence-corrected chi connectivity index (χ1v) is 14.4. The van der Waals surface area contributed by atoms with Crippen molar-refractivity contribution >= 4 is 17.9 Å². The van der Waals surface area contributed by atoms with E-state index in [0.29, 0.717) is 19.3 Å². The van der Waals surface area contributed by atoms with Gasteiger partial charge in [0.15, 0.2) is 5.60 Å². The fourth-order valence-corrected chi connectivity index (χ4v) is 4.44. The molecule has 0 bridgehead atoms. The first-order valence-electron chi connectivity index (χ1n) is 14.4. The van der Waals surface area contributed by atoms with Gasteiger partial charge in [-0.15, -0.1) is 0 Å². The van der Waals surface area contributed by atoms with E-state index in [-0.39, 0.29) is 17.8 Å². The number of ether oxygens (including phenoxy) is 3. The van der Waals surface area contributed by atoms with Crippen LogP contribution in [0, 0.1) is 17.8 Å². The Labute approximate surface area is 226 Å². The van der Waals surface area contributed by atoms with E-state index in [1.807, 2.05) is 83.1 Å². The molecule has 0 saturated carbocycles. The van der Waals surface area contributed by atoms with Gasteiger partial charge in [-0.2, -0.15) is 0 Å². The molecule has 0 aromatic heterocycles. The summed E-state index contributed by atoms with van der Waals surface area (Å²) in [6.45, 7) is 23.2. The molecule has 7 heteroatoms. The van der Waals surface area contributed by atoms with Crippen LogP contribution >= 0.6 is 0 Å². The zero-order valence-electron chi connectivity index (χ0n) is 25.8. The highest BCUT2D eigenvalue weighted by atomic mass is 16.6. The number of hydrogen-bond acceptors (Lipinski definition) is 7. The van der Waals surface area contributed by atoms with Crippen LogP contribution in [0.5, 0.6) is 0 Å². The van der Waals surface area contributed by atoms with Crippen molar-refractivity contribution in [2.24, 2.45) is 17.8 Å². The van der Waals surface area contributed by atoms with Crippen LogP contribution in [0.25, 0.3) is 0 Å². The Hall–Kier alpha value is -1.63. The van der Waals surface area contributed by atoms with E-state index in [2.05, 4.69) is 0 Å². The van der Waals surface area contributed by atoms with Gasteiger partial charge in [-0.05, 0) is 77.0 Å². The SMILES string of the molecule is CCC(C)C(C)(CC)OC(=O)CC(O)(CC(=O)OC(C)(CC)C(C)CC)C(=O)OC(C)(CC)C(C)CC. The number of carbonyl (C=O) groups excluding carboxylic acids is 3. The summed E-state index contributed by atoms with van der Waals surface area (Å²) in [4.78, 5) is 39.7. The Bertz CT molecular complexity index is 710. The lowest BCUT2D eigenvalue weighted by atomic mass is 9.85. The number of esters is 3. The number of rotatable bonds is 17. The van der Waals surface area contributed by atoms with Crippen molar-refractivity contribution in [3.63, 3.8) is 0 Å². The second kappa shape index (κ2) is 14.5. The summed E-state index contributed by atoms with van der Waals surface area (Å²) in [5, 5.41) is 11.6. The zero-order chi connectivity index (χ0) is 29.2. The Morgan fingerprint density at radius 1 is 0.595 bits per heavy atom. The van der Waals surface area contributed by atoms with E-state index in [0.717, 1.165) is 19.3 Å². The molecule has 218 valence electrons. The predicted octanol–water partition coefficient (Wildman–Crippen LogP) is 6.77. The molecular weight excluding hydrogens is 472 g/mol. The highest BCUT2D eigenvalue weighted by molar-refractivity contribution is 5.90. The van der Waals surface area contributed by atoms with E-state index in [4.69, 9.17) is 14.2 Å². The summed E-state index contributed by atoms with van der Waals surface area (Å²) in [5.74, 6) is -2.36. The molecular formula is C30H56O7. The van der Waals surface area contributed by atoms with Gasteiger partial charge in [0.2, 0.25) is 0 Å². The largest absolute Gasteiger partial charge is 0.459 e. The molecule has 0 spiro atoms. The molecule has 7 nitrogen and oxygen atoms in total. The van der Waals surface area contributed by atoms with Gasteiger partial charge in [0.1, 0.15) is 16.8 Å². The van der Waals surface area contributed by atoms with Gasteiger partial charge in [-0.3, -0.25) is 9.59 Å². The number of aliphatic hydroxyl groups is 1. The molecule has 0 saturated heterocycles. The third-order valence-electron chi connectivity index (χ3n) is 9.34. The highest BCUT2D eigenvalue weighted by Gasteiger charge is 2.48. The van der Waals surface area contributed by atoms with E-state index in [9.17, 15) is 19.5 Å². The summed E-state index contributed by atoms with van der Waals surface area (Å²) >= 11 is 0. The molecule has 6 atom stereocenters. The summed E-state index contributed by atoms with van der Waals surface area (Å²) in [7, 11) is 0. The van der Waals surface area contributed by atoms with Crippen LogP contribution in [0.1, 0.15) is 134 Å². The van der Waals surface area contributed by atoms with Crippen LogP contribution in [-0.2, 0) is 28.6 Å². The van der Waals surface area contributed by atoms with E-state index in [1.165, 1.54) is 0 Å². The molecule has 0 aliphatic rings. The zero-order valence-corrected chi connectivity index (χ0v) is 25.8. The summed E-state index contributed by atoms with van der Waals surface area (Å²) in [6, 6.07) is 0. The predicted molar refractivity (Wildman–Crippen MR) is 147 cm³/mol. The Balaban J connectivity index is 6.18. The van der Waals surface area contributed by atoms with Crippen molar-refractivity contribution < 1.29 is 33.7 Å². The first-order chi connectivity index (χ1) is 17.0. The van der Waals surface area contributed by atoms with Crippen molar-refractivity contribution in [2.45, 2.75) is 157 Å². The van der Waals surface area contributed by atoms with Crippen molar-refractivity contribution in [3.8, 4) is 0 Å². The molecule has 37 heavy (non-hydrogen) atoms. The average molecular weight is 529 g/mol. The van der Waals surface area contributed by atoms with Gasteiger partial charge in [0, 0.05) is 0 Å². The molecule has 0 aromatic rings. The van der Waals surface area contributed by atoms with Gasteiger partial charge >= 0.3 is 17.9 Å². The van der Waals surface area contributed by atoms with Crippen LogP contribution in [0.15, 0.2) is 0 Å².